The number of nitrogens with zero attached hydrogens (tertiary/aromatic N) is 3. The minimum atomic E-state index is -0.744. The molecule has 2 amide bonds. The number of nitrogens with one attached hydrogen (secondary N) is 4. The van der Waals surface area contributed by atoms with Gasteiger partial charge >= 0.3 is 11.8 Å². The molecule has 10 heteroatoms. The number of fused-ring (bicyclic) bond motifs is 3. The van der Waals surface area contributed by atoms with Gasteiger partial charge in [0.1, 0.15) is 5.82 Å². The van der Waals surface area contributed by atoms with Gasteiger partial charge in [0.25, 0.3) is 0 Å². The number of pyridine rings is 1. The minimum absolute atomic E-state index is 0.174. The zero-order chi connectivity index (χ0) is 20.4. The average Bonchev–Trinajstić information content (AvgIpc) is 3.33. The van der Waals surface area contributed by atoms with Gasteiger partial charge in [-0.05, 0) is 24.9 Å². The number of hydrogen-bond acceptors (Lipinski definition) is 6. The Labute approximate surface area is 167 Å². The molecule has 0 aliphatic carbocycles. The van der Waals surface area contributed by atoms with Crippen LogP contribution >= 0.6 is 0 Å². The molecule has 4 N–H and O–H groups in total. The molecule has 0 bridgehead atoms. The van der Waals surface area contributed by atoms with Crippen LogP contribution in [0.3, 0.4) is 0 Å². The highest BCUT2D eigenvalue weighted by molar-refractivity contribution is 6.40. The molecule has 1 fully saturated rings. The lowest BCUT2D eigenvalue weighted by Crippen LogP contribution is -2.38. The number of methoxy groups -OCH3 is 1. The molecular formula is C19H25N7O3. The largest absolute Gasteiger partial charge is 0.383 e. The number of H-pyrrole nitrogens is 1. The van der Waals surface area contributed by atoms with Gasteiger partial charge < -0.3 is 20.7 Å². The lowest BCUT2D eigenvalue weighted by molar-refractivity contribution is -0.136. The molecule has 1 aliphatic rings. The van der Waals surface area contributed by atoms with Crippen molar-refractivity contribution in [2.75, 3.05) is 38.7 Å². The van der Waals surface area contributed by atoms with Crippen molar-refractivity contribution in [1.29, 1.82) is 0 Å². The molecule has 0 saturated carbocycles. The van der Waals surface area contributed by atoms with Crippen LogP contribution in [-0.4, -0.2) is 64.9 Å². The summed E-state index contributed by atoms with van der Waals surface area (Å²) in [5.74, 6) is -0.574. The predicted octanol–water partition coefficient (Wildman–Crippen LogP) is 0.784. The third-order valence-corrected chi connectivity index (χ3v) is 5.40. The first-order valence-electron chi connectivity index (χ1n) is 9.72. The number of hydrogen-bond donors (Lipinski definition) is 4. The Hall–Kier alpha value is -2.98. The summed E-state index contributed by atoms with van der Waals surface area (Å²) in [5, 5.41) is 13.6. The third-order valence-electron chi connectivity index (χ3n) is 5.40. The summed E-state index contributed by atoms with van der Waals surface area (Å²) in [4.78, 5) is 33.1. The highest BCUT2D eigenvalue weighted by Gasteiger charge is 2.27. The fourth-order valence-corrected chi connectivity index (χ4v) is 3.81. The van der Waals surface area contributed by atoms with E-state index in [4.69, 9.17) is 4.74 Å². The molecule has 0 unspecified atom stereocenters. The van der Waals surface area contributed by atoms with E-state index in [1.807, 2.05) is 6.07 Å². The van der Waals surface area contributed by atoms with Gasteiger partial charge in [0, 0.05) is 38.0 Å². The number of anilines is 1. The molecule has 4 heterocycles. The molecule has 2 atom stereocenters. The standard InChI is InChI=1S/C19H25N7O3/c1-11-3-5-20-10-14(11)26-15-12-4-6-21-16(12)23-9-13(15)17(25-26)24-19(28)18(27)22-7-8-29-2/h4,6,9,11,14,20,25H,3,5,7-8,10H2,1-2H3,(H,22,27)(H,24,28)/t11-,14+/m1/s1. The van der Waals surface area contributed by atoms with Crippen LogP contribution in [0.25, 0.3) is 21.9 Å². The van der Waals surface area contributed by atoms with Crippen molar-refractivity contribution < 1.29 is 14.3 Å². The Morgan fingerprint density at radius 1 is 1.31 bits per heavy atom. The van der Waals surface area contributed by atoms with Gasteiger partial charge in [0.2, 0.25) is 0 Å². The first-order valence-corrected chi connectivity index (χ1v) is 9.72. The van der Waals surface area contributed by atoms with Gasteiger partial charge in [-0.1, -0.05) is 6.92 Å². The number of carbonyl (C=O) groups is 2. The van der Waals surface area contributed by atoms with Crippen molar-refractivity contribution in [2.24, 2.45) is 5.92 Å². The van der Waals surface area contributed by atoms with Crippen molar-refractivity contribution in [3.05, 3.63) is 18.5 Å². The highest BCUT2D eigenvalue weighted by Crippen LogP contribution is 2.34. The summed E-state index contributed by atoms with van der Waals surface area (Å²) in [6.07, 6.45) is 4.45. The molecule has 29 heavy (non-hydrogen) atoms. The molecule has 3 aromatic heterocycles. The van der Waals surface area contributed by atoms with Crippen molar-refractivity contribution in [2.45, 2.75) is 19.4 Å². The maximum Gasteiger partial charge on any atom is 0.314 e. The van der Waals surface area contributed by atoms with Crippen molar-refractivity contribution in [1.82, 2.24) is 30.4 Å². The van der Waals surface area contributed by atoms with E-state index in [1.165, 1.54) is 7.11 Å². The second-order valence-electron chi connectivity index (χ2n) is 7.30. The summed E-state index contributed by atoms with van der Waals surface area (Å²) in [6.45, 7) is 4.61. The lowest BCUT2D eigenvalue weighted by atomic mass is 9.95. The molecule has 154 valence electrons. The highest BCUT2D eigenvalue weighted by atomic mass is 16.5. The fraction of sp³-hybridized carbons (Fsp3) is 0.474. The second-order valence-corrected chi connectivity index (χ2v) is 7.30. The molecule has 1 saturated heterocycles. The number of amides is 2. The van der Waals surface area contributed by atoms with Gasteiger partial charge in [-0.3, -0.25) is 19.4 Å². The van der Waals surface area contributed by atoms with Gasteiger partial charge in [0.05, 0.1) is 23.6 Å². The zero-order valence-corrected chi connectivity index (χ0v) is 16.5. The number of carbonyl (C=O) groups excluding carboxylic acids is 2. The molecule has 4 rings (SSSR count). The van der Waals surface area contributed by atoms with Crippen molar-refractivity contribution in [3.63, 3.8) is 0 Å². The summed E-state index contributed by atoms with van der Waals surface area (Å²) in [6, 6.07) is 2.09. The third kappa shape index (κ3) is 3.68. The van der Waals surface area contributed by atoms with Gasteiger partial charge in [-0.25, -0.2) is 9.97 Å². The quantitative estimate of drug-likeness (QED) is 0.371. The van der Waals surface area contributed by atoms with E-state index in [1.54, 1.807) is 12.4 Å². The minimum Gasteiger partial charge on any atom is -0.383 e. The van der Waals surface area contributed by atoms with E-state index >= 15 is 0 Å². The Kier molecular flexibility index (Phi) is 5.45. The molecule has 3 aromatic rings. The normalized spacial score (nSPS) is 19.5. The van der Waals surface area contributed by atoms with Crippen LogP contribution in [0.15, 0.2) is 18.5 Å². The monoisotopic (exact) mass is 399 g/mol. The van der Waals surface area contributed by atoms with Crippen LogP contribution in [0.2, 0.25) is 0 Å². The van der Waals surface area contributed by atoms with Crippen LogP contribution in [0.1, 0.15) is 19.4 Å². The lowest BCUT2D eigenvalue weighted by Gasteiger charge is -2.31. The molecular weight excluding hydrogens is 374 g/mol. The SMILES string of the molecule is COCCNC(=O)C(=O)Nc1[nH]n([C@H]2CNCC[C@H]2C)c2c1cnc1nccc12. The van der Waals surface area contributed by atoms with E-state index < -0.39 is 11.8 Å². The van der Waals surface area contributed by atoms with Crippen LogP contribution in [0, 0.1) is 5.92 Å². The summed E-state index contributed by atoms with van der Waals surface area (Å²) >= 11 is 0. The summed E-state index contributed by atoms with van der Waals surface area (Å²) in [7, 11) is 1.53. The van der Waals surface area contributed by atoms with Crippen molar-refractivity contribution in [3.8, 4) is 0 Å². The first-order chi connectivity index (χ1) is 14.1. The Bertz CT molecular complexity index is 1040. The average molecular weight is 399 g/mol. The Balaban J connectivity index is 1.71. The first kappa shape index (κ1) is 19.3. The van der Waals surface area contributed by atoms with E-state index in [-0.39, 0.29) is 12.6 Å². The zero-order valence-electron chi connectivity index (χ0n) is 16.5. The maximum atomic E-state index is 12.4. The molecule has 0 radical (unpaired) electrons. The predicted molar refractivity (Wildman–Crippen MR) is 109 cm³/mol. The van der Waals surface area contributed by atoms with Crippen LogP contribution in [0.4, 0.5) is 5.82 Å². The van der Waals surface area contributed by atoms with Gasteiger partial charge in [0.15, 0.2) is 5.65 Å². The van der Waals surface area contributed by atoms with E-state index in [0.717, 1.165) is 35.8 Å². The van der Waals surface area contributed by atoms with Crippen molar-refractivity contribution >= 4 is 39.6 Å². The Morgan fingerprint density at radius 3 is 2.97 bits per heavy atom. The van der Waals surface area contributed by atoms with E-state index in [9.17, 15) is 9.59 Å². The molecule has 0 spiro atoms. The van der Waals surface area contributed by atoms with Gasteiger partial charge in [-0.2, -0.15) is 0 Å². The smallest absolute Gasteiger partial charge is 0.314 e. The van der Waals surface area contributed by atoms with Crippen LogP contribution in [-0.2, 0) is 14.3 Å². The van der Waals surface area contributed by atoms with E-state index in [0.29, 0.717) is 24.0 Å². The van der Waals surface area contributed by atoms with Crippen LogP contribution < -0.4 is 16.0 Å². The number of aromatic amines is 1. The topological polar surface area (TPSA) is 126 Å². The fourth-order valence-electron chi connectivity index (χ4n) is 3.81. The molecule has 10 nitrogen and oxygen atoms in total. The number of rotatable bonds is 5. The summed E-state index contributed by atoms with van der Waals surface area (Å²) in [5.41, 5.74) is 1.57. The van der Waals surface area contributed by atoms with Crippen LogP contribution in [0.5, 0.6) is 0 Å². The van der Waals surface area contributed by atoms with Gasteiger partial charge in [-0.15, -0.1) is 0 Å². The number of ether oxygens (including phenoxy) is 1. The second kappa shape index (κ2) is 8.18. The summed E-state index contributed by atoms with van der Waals surface area (Å²) < 4.78 is 6.95. The Morgan fingerprint density at radius 2 is 2.17 bits per heavy atom. The maximum absolute atomic E-state index is 12.4. The number of piperidine rings is 1. The molecule has 0 aromatic carbocycles. The van der Waals surface area contributed by atoms with E-state index in [2.05, 4.69) is 42.6 Å². The number of aromatic nitrogens is 4. The molecule has 1 aliphatic heterocycles.